The normalized spacial score (nSPS) is 11.5. The SMILES string of the molecule is c1ccc(N(c2cccc(-c3ccc4ccccc4c3)c2)c2ccc3ccc4c5ccccc5n(-c5ccccc5)c4c3c2)cc1. The van der Waals surface area contributed by atoms with E-state index < -0.39 is 0 Å². The predicted octanol–water partition coefficient (Wildman–Crippen LogP) is 12.2. The summed E-state index contributed by atoms with van der Waals surface area (Å²) in [6.07, 6.45) is 0. The minimum Gasteiger partial charge on any atom is -0.310 e. The van der Waals surface area contributed by atoms with Crippen LogP contribution in [0.25, 0.3) is 60.2 Å². The van der Waals surface area contributed by atoms with Gasteiger partial charge in [-0.2, -0.15) is 0 Å². The number of rotatable bonds is 5. The van der Waals surface area contributed by atoms with Crippen LogP contribution in [0.3, 0.4) is 0 Å². The molecule has 0 N–H and O–H groups in total. The van der Waals surface area contributed by atoms with Crippen molar-refractivity contribution in [2.75, 3.05) is 4.90 Å². The van der Waals surface area contributed by atoms with Crippen LogP contribution >= 0.6 is 0 Å². The Balaban J connectivity index is 1.27. The van der Waals surface area contributed by atoms with Gasteiger partial charge in [-0.1, -0.05) is 121 Å². The number of hydrogen-bond donors (Lipinski definition) is 0. The van der Waals surface area contributed by atoms with Crippen molar-refractivity contribution in [3.05, 3.63) is 182 Å². The Kier molecular flexibility index (Phi) is 6.17. The van der Waals surface area contributed by atoms with E-state index in [4.69, 9.17) is 0 Å². The first-order chi connectivity index (χ1) is 22.8. The van der Waals surface area contributed by atoms with Gasteiger partial charge in [0.15, 0.2) is 0 Å². The Labute approximate surface area is 268 Å². The van der Waals surface area contributed by atoms with Gasteiger partial charge in [-0.05, 0) is 87.9 Å². The molecule has 0 unspecified atom stereocenters. The molecule has 0 spiro atoms. The lowest BCUT2D eigenvalue weighted by atomic mass is 10.00. The molecule has 0 saturated carbocycles. The van der Waals surface area contributed by atoms with E-state index in [1.807, 2.05) is 0 Å². The topological polar surface area (TPSA) is 8.17 Å². The fraction of sp³-hybridized carbons (Fsp3) is 0. The number of benzene rings is 8. The number of para-hydroxylation sites is 3. The second-order valence-corrected chi connectivity index (χ2v) is 11.8. The molecule has 9 aromatic rings. The van der Waals surface area contributed by atoms with E-state index in [1.54, 1.807) is 0 Å². The van der Waals surface area contributed by atoms with Gasteiger partial charge in [-0.3, -0.25) is 0 Å². The third kappa shape index (κ3) is 4.35. The molecule has 0 saturated heterocycles. The second-order valence-electron chi connectivity index (χ2n) is 11.8. The first kappa shape index (κ1) is 26.3. The van der Waals surface area contributed by atoms with Crippen molar-refractivity contribution < 1.29 is 0 Å². The molecule has 1 aromatic heterocycles. The first-order valence-electron chi connectivity index (χ1n) is 15.8. The van der Waals surface area contributed by atoms with Gasteiger partial charge in [-0.15, -0.1) is 0 Å². The van der Waals surface area contributed by atoms with Crippen molar-refractivity contribution in [3.8, 4) is 16.8 Å². The zero-order chi connectivity index (χ0) is 30.5. The van der Waals surface area contributed by atoms with Gasteiger partial charge >= 0.3 is 0 Å². The molecule has 2 nitrogen and oxygen atoms in total. The minimum absolute atomic E-state index is 1.12. The standard InChI is InChI=1S/C44H30N2/c1-3-15-36(16-4-1)45(38-19-11-14-34(29-38)35-23-22-31-12-7-8-13-33(31)28-35)39-26-24-32-25-27-41-40-20-9-10-21-43(40)46(44(41)42(32)30-39)37-17-5-2-6-18-37/h1-30H. The van der Waals surface area contributed by atoms with Crippen LogP contribution in [0.4, 0.5) is 17.1 Å². The van der Waals surface area contributed by atoms with Crippen molar-refractivity contribution in [3.63, 3.8) is 0 Å². The second kappa shape index (κ2) is 10.8. The predicted molar refractivity (Wildman–Crippen MR) is 196 cm³/mol. The highest BCUT2D eigenvalue weighted by atomic mass is 15.1. The zero-order valence-corrected chi connectivity index (χ0v) is 25.2. The lowest BCUT2D eigenvalue weighted by Gasteiger charge is -2.26. The first-order valence-corrected chi connectivity index (χ1v) is 15.8. The smallest absolute Gasteiger partial charge is 0.0620 e. The van der Waals surface area contributed by atoms with Crippen LogP contribution in [0.5, 0.6) is 0 Å². The molecule has 216 valence electrons. The van der Waals surface area contributed by atoms with Crippen LogP contribution in [-0.4, -0.2) is 4.57 Å². The average molecular weight is 587 g/mol. The van der Waals surface area contributed by atoms with E-state index in [1.165, 1.54) is 54.5 Å². The molecule has 0 radical (unpaired) electrons. The van der Waals surface area contributed by atoms with E-state index in [2.05, 4.69) is 191 Å². The molecule has 0 fully saturated rings. The number of nitrogens with zero attached hydrogens (tertiary/aromatic N) is 2. The van der Waals surface area contributed by atoms with E-state index >= 15 is 0 Å². The Bertz CT molecular complexity index is 2530. The summed E-state index contributed by atoms with van der Waals surface area (Å²) in [5.41, 5.74) is 9.36. The summed E-state index contributed by atoms with van der Waals surface area (Å²) in [5.74, 6) is 0. The molecule has 46 heavy (non-hydrogen) atoms. The van der Waals surface area contributed by atoms with Gasteiger partial charge in [0.25, 0.3) is 0 Å². The van der Waals surface area contributed by atoms with Crippen molar-refractivity contribution >= 4 is 60.4 Å². The van der Waals surface area contributed by atoms with Crippen LogP contribution in [0, 0.1) is 0 Å². The quantitative estimate of drug-likeness (QED) is 0.195. The molecule has 0 aliphatic carbocycles. The zero-order valence-electron chi connectivity index (χ0n) is 25.2. The summed E-state index contributed by atoms with van der Waals surface area (Å²) in [7, 11) is 0. The van der Waals surface area contributed by atoms with Gasteiger partial charge < -0.3 is 9.47 Å². The molecule has 0 aliphatic rings. The molecule has 1 heterocycles. The summed E-state index contributed by atoms with van der Waals surface area (Å²) in [5, 5.41) is 7.46. The third-order valence-corrected chi connectivity index (χ3v) is 9.11. The van der Waals surface area contributed by atoms with Gasteiger partial charge in [0.05, 0.1) is 11.0 Å². The molecule has 2 heteroatoms. The fourth-order valence-electron chi connectivity index (χ4n) is 6.97. The summed E-state index contributed by atoms with van der Waals surface area (Å²) in [4.78, 5) is 2.37. The minimum atomic E-state index is 1.12. The monoisotopic (exact) mass is 586 g/mol. The van der Waals surface area contributed by atoms with Crippen LogP contribution in [0.15, 0.2) is 182 Å². The van der Waals surface area contributed by atoms with Gasteiger partial charge in [0.1, 0.15) is 0 Å². The number of fused-ring (bicyclic) bond motifs is 6. The lowest BCUT2D eigenvalue weighted by molar-refractivity contribution is 1.19. The van der Waals surface area contributed by atoms with E-state index in [-0.39, 0.29) is 0 Å². The van der Waals surface area contributed by atoms with Crippen molar-refractivity contribution in [2.45, 2.75) is 0 Å². The van der Waals surface area contributed by atoms with Crippen LogP contribution in [0.2, 0.25) is 0 Å². The maximum Gasteiger partial charge on any atom is 0.0620 e. The Morgan fingerprint density at radius 2 is 1.00 bits per heavy atom. The molecule has 9 rings (SSSR count). The number of anilines is 3. The molecule has 0 amide bonds. The molecular formula is C44H30N2. The van der Waals surface area contributed by atoms with Crippen LogP contribution < -0.4 is 4.90 Å². The van der Waals surface area contributed by atoms with Crippen molar-refractivity contribution in [1.29, 1.82) is 0 Å². The molecule has 8 aromatic carbocycles. The van der Waals surface area contributed by atoms with Crippen LogP contribution in [-0.2, 0) is 0 Å². The summed E-state index contributed by atoms with van der Waals surface area (Å²) in [6.45, 7) is 0. The lowest BCUT2D eigenvalue weighted by Crippen LogP contribution is -2.10. The molecule has 0 bridgehead atoms. The maximum absolute atomic E-state index is 2.42. The summed E-state index contributed by atoms with van der Waals surface area (Å²) >= 11 is 0. The van der Waals surface area contributed by atoms with Gasteiger partial charge in [-0.25, -0.2) is 0 Å². The Morgan fingerprint density at radius 3 is 1.87 bits per heavy atom. The third-order valence-electron chi connectivity index (χ3n) is 9.11. The largest absolute Gasteiger partial charge is 0.310 e. The Hall–Kier alpha value is -6.12. The molecular weight excluding hydrogens is 556 g/mol. The molecule has 0 aliphatic heterocycles. The van der Waals surface area contributed by atoms with Crippen molar-refractivity contribution in [2.24, 2.45) is 0 Å². The highest BCUT2D eigenvalue weighted by Crippen LogP contribution is 2.41. The van der Waals surface area contributed by atoms with Gasteiger partial charge in [0, 0.05) is 38.9 Å². The van der Waals surface area contributed by atoms with Crippen LogP contribution in [0.1, 0.15) is 0 Å². The summed E-state index contributed by atoms with van der Waals surface area (Å²) < 4.78 is 2.42. The highest BCUT2D eigenvalue weighted by molar-refractivity contribution is 6.19. The van der Waals surface area contributed by atoms with Gasteiger partial charge in [0.2, 0.25) is 0 Å². The Morgan fingerprint density at radius 1 is 0.348 bits per heavy atom. The van der Waals surface area contributed by atoms with Crippen molar-refractivity contribution in [1.82, 2.24) is 4.57 Å². The average Bonchev–Trinajstić information content (AvgIpc) is 3.47. The van der Waals surface area contributed by atoms with E-state index in [0.717, 1.165) is 22.7 Å². The number of aromatic nitrogens is 1. The fourth-order valence-corrected chi connectivity index (χ4v) is 6.97. The highest BCUT2D eigenvalue weighted by Gasteiger charge is 2.18. The summed E-state index contributed by atoms with van der Waals surface area (Å²) in [6, 6.07) is 65.7. The number of hydrogen-bond acceptors (Lipinski definition) is 1. The maximum atomic E-state index is 2.42. The molecule has 0 atom stereocenters. The van der Waals surface area contributed by atoms with E-state index in [9.17, 15) is 0 Å². The van der Waals surface area contributed by atoms with E-state index in [0.29, 0.717) is 0 Å².